The smallest absolute Gasteiger partial charge is 0.307 e. The van der Waals surface area contributed by atoms with Crippen molar-refractivity contribution in [2.24, 2.45) is 5.92 Å². The first kappa shape index (κ1) is 11.9. The van der Waals surface area contributed by atoms with Crippen LogP contribution in [0, 0.1) is 5.92 Å². The van der Waals surface area contributed by atoms with Crippen molar-refractivity contribution >= 4 is 17.7 Å². The van der Waals surface area contributed by atoms with E-state index in [4.69, 9.17) is 5.11 Å². The summed E-state index contributed by atoms with van der Waals surface area (Å²) in [6, 6.07) is 0. The minimum Gasteiger partial charge on any atom is -0.481 e. The maximum absolute atomic E-state index is 10.9. The van der Waals surface area contributed by atoms with Crippen LogP contribution in [0.4, 0.5) is 0 Å². The number of carboxylic acid groups (broad SMARTS) is 1. The van der Waals surface area contributed by atoms with Gasteiger partial charge < -0.3 is 10.2 Å². The Kier molecular flexibility index (Phi) is 4.26. The molecular weight excluding hydrogens is 200 g/mol. The molecule has 0 aromatic carbocycles. The van der Waals surface area contributed by atoms with Gasteiger partial charge >= 0.3 is 5.97 Å². The fourth-order valence-corrected chi connectivity index (χ4v) is 3.28. The topological polar surface area (TPSA) is 57.5 Å². The van der Waals surface area contributed by atoms with Gasteiger partial charge in [-0.3, -0.25) is 4.79 Å². The lowest BCUT2D eigenvalue weighted by Crippen LogP contribution is -2.25. The Morgan fingerprint density at radius 1 is 1.43 bits per heavy atom. The predicted octanol–water partition coefficient (Wildman–Crippen LogP) is 1.74. The number of hydrogen-bond donors (Lipinski definition) is 2. The van der Waals surface area contributed by atoms with E-state index in [-0.39, 0.29) is 22.5 Å². The highest BCUT2D eigenvalue weighted by Crippen LogP contribution is 2.37. The molecule has 1 aliphatic rings. The molecule has 4 heteroatoms. The Hall–Kier alpha value is -0.220. The van der Waals surface area contributed by atoms with Crippen molar-refractivity contribution in [3.8, 4) is 0 Å². The van der Waals surface area contributed by atoms with Gasteiger partial charge in [-0.25, -0.2) is 0 Å². The van der Waals surface area contributed by atoms with Crippen LogP contribution in [-0.4, -0.2) is 32.8 Å². The van der Waals surface area contributed by atoms with E-state index in [9.17, 15) is 9.90 Å². The summed E-state index contributed by atoms with van der Waals surface area (Å²) in [4.78, 5) is 10.9. The van der Waals surface area contributed by atoms with Crippen LogP contribution < -0.4 is 0 Å². The molecule has 0 radical (unpaired) electrons. The molecule has 0 aromatic heterocycles. The summed E-state index contributed by atoms with van der Waals surface area (Å²) in [6.07, 6.45) is 2.40. The van der Waals surface area contributed by atoms with Crippen LogP contribution in [0.25, 0.3) is 0 Å². The van der Waals surface area contributed by atoms with Gasteiger partial charge in [-0.05, 0) is 19.8 Å². The summed E-state index contributed by atoms with van der Waals surface area (Å²) >= 11 is 1.62. The third kappa shape index (κ3) is 2.89. The van der Waals surface area contributed by atoms with Crippen LogP contribution in [0.1, 0.15) is 33.1 Å². The number of aliphatic carboxylic acids is 1. The zero-order valence-corrected chi connectivity index (χ0v) is 9.46. The van der Waals surface area contributed by atoms with Crippen LogP contribution in [-0.2, 0) is 4.79 Å². The number of thioether (sulfide) groups is 1. The molecule has 1 rings (SSSR count). The lowest BCUT2D eigenvalue weighted by atomic mass is 10.1. The van der Waals surface area contributed by atoms with Crippen molar-refractivity contribution in [1.82, 2.24) is 0 Å². The molecule has 82 valence electrons. The van der Waals surface area contributed by atoms with E-state index in [0.717, 1.165) is 19.3 Å². The van der Waals surface area contributed by atoms with Gasteiger partial charge in [-0.1, -0.05) is 13.3 Å². The maximum Gasteiger partial charge on any atom is 0.307 e. The summed E-state index contributed by atoms with van der Waals surface area (Å²) < 4.78 is 0. The quantitative estimate of drug-likeness (QED) is 0.754. The van der Waals surface area contributed by atoms with Crippen molar-refractivity contribution in [3.05, 3.63) is 0 Å². The molecule has 0 amide bonds. The zero-order chi connectivity index (χ0) is 10.7. The molecule has 0 aliphatic heterocycles. The van der Waals surface area contributed by atoms with Crippen molar-refractivity contribution in [1.29, 1.82) is 0 Å². The number of rotatable bonds is 4. The van der Waals surface area contributed by atoms with Crippen molar-refractivity contribution in [3.63, 3.8) is 0 Å². The molecule has 1 aliphatic carbocycles. The number of carbonyl (C=O) groups is 1. The average Bonchev–Trinajstić information content (AvgIpc) is 2.52. The minimum atomic E-state index is -0.683. The van der Waals surface area contributed by atoms with Crippen LogP contribution in [0.2, 0.25) is 0 Å². The van der Waals surface area contributed by atoms with Gasteiger partial charge in [-0.15, -0.1) is 0 Å². The molecule has 14 heavy (non-hydrogen) atoms. The summed E-state index contributed by atoms with van der Waals surface area (Å²) in [5, 5.41) is 18.6. The molecule has 2 N–H and O–H groups in total. The first-order chi connectivity index (χ1) is 6.52. The van der Waals surface area contributed by atoms with Crippen molar-refractivity contribution in [2.45, 2.75) is 49.7 Å². The number of aliphatic hydroxyl groups excluding tert-OH is 1. The third-order valence-electron chi connectivity index (χ3n) is 2.84. The van der Waals surface area contributed by atoms with Crippen molar-refractivity contribution in [2.75, 3.05) is 0 Å². The first-order valence-corrected chi connectivity index (χ1v) is 6.03. The van der Waals surface area contributed by atoms with E-state index in [1.54, 1.807) is 18.7 Å². The van der Waals surface area contributed by atoms with E-state index >= 15 is 0 Å². The Labute approximate surface area is 88.9 Å². The van der Waals surface area contributed by atoms with Crippen LogP contribution >= 0.6 is 11.8 Å². The second-order valence-electron chi connectivity index (χ2n) is 4.00. The van der Waals surface area contributed by atoms with Crippen LogP contribution in [0.15, 0.2) is 0 Å². The molecule has 0 spiro atoms. The highest BCUT2D eigenvalue weighted by molar-refractivity contribution is 8.00. The fourth-order valence-electron chi connectivity index (χ4n) is 1.76. The minimum absolute atomic E-state index is 0.125. The van der Waals surface area contributed by atoms with E-state index in [1.807, 2.05) is 6.92 Å². The number of hydrogen-bond acceptors (Lipinski definition) is 3. The first-order valence-electron chi connectivity index (χ1n) is 5.08. The highest BCUT2D eigenvalue weighted by atomic mass is 32.2. The monoisotopic (exact) mass is 218 g/mol. The van der Waals surface area contributed by atoms with Gasteiger partial charge in [0, 0.05) is 10.5 Å². The molecular formula is C10H18O3S. The lowest BCUT2D eigenvalue weighted by molar-refractivity contribution is -0.141. The van der Waals surface area contributed by atoms with Gasteiger partial charge in [0.05, 0.1) is 12.0 Å². The maximum atomic E-state index is 10.9. The molecule has 1 saturated carbocycles. The largest absolute Gasteiger partial charge is 0.481 e. The summed E-state index contributed by atoms with van der Waals surface area (Å²) in [7, 11) is 0. The second-order valence-corrected chi connectivity index (χ2v) is 5.62. The summed E-state index contributed by atoms with van der Waals surface area (Å²) in [5.41, 5.74) is 0. The molecule has 4 atom stereocenters. The van der Waals surface area contributed by atoms with Gasteiger partial charge in [0.25, 0.3) is 0 Å². The fraction of sp³-hybridized carbons (Fsp3) is 0.900. The summed E-state index contributed by atoms with van der Waals surface area (Å²) in [6.45, 7) is 3.70. The van der Waals surface area contributed by atoms with Gasteiger partial charge in [0.1, 0.15) is 0 Å². The summed E-state index contributed by atoms with van der Waals surface area (Å²) in [5.74, 6) is -0.890. The van der Waals surface area contributed by atoms with Crippen LogP contribution in [0.3, 0.4) is 0 Å². The van der Waals surface area contributed by atoms with Crippen LogP contribution in [0.5, 0.6) is 0 Å². The Balaban J connectivity index is 2.47. The van der Waals surface area contributed by atoms with E-state index in [1.165, 1.54) is 0 Å². The SMILES string of the molecule is CC(O)C(C)SC1CCCC1C(=O)O. The number of carboxylic acids is 1. The molecule has 0 heterocycles. The molecule has 0 aromatic rings. The van der Waals surface area contributed by atoms with Gasteiger partial charge in [0.15, 0.2) is 0 Å². The standard InChI is InChI=1S/C10H18O3S/c1-6(11)7(2)14-9-5-3-4-8(9)10(12)13/h6-9,11H,3-5H2,1-2H3,(H,12,13). The lowest BCUT2D eigenvalue weighted by Gasteiger charge is -2.21. The van der Waals surface area contributed by atoms with E-state index in [2.05, 4.69) is 0 Å². The molecule has 0 bridgehead atoms. The Morgan fingerprint density at radius 2 is 2.07 bits per heavy atom. The predicted molar refractivity (Wildman–Crippen MR) is 57.5 cm³/mol. The third-order valence-corrected chi connectivity index (χ3v) is 4.58. The highest BCUT2D eigenvalue weighted by Gasteiger charge is 2.34. The number of aliphatic hydroxyl groups is 1. The van der Waals surface area contributed by atoms with E-state index < -0.39 is 5.97 Å². The molecule has 0 saturated heterocycles. The Bertz CT molecular complexity index is 206. The normalized spacial score (nSPS) is 31.4. The second kappa shape index (κ2) is 5.03. The van der Waals surface area contributed by atoms with Gasteiger partial charge in [0.2, 0.25) is 0 Å². The molecule has 3 nitrogen and oxygen atoms in total. The molecule has 4 unspecified atom stereocenters. The molecule has 1 fully saturated rings. The van der Waals surface area contributed by atoms with Gasteiger partial charge in [-0.2, -0.15) is 11.8 Å². The average molecular weight is 218 g/mol. The zero-order valence-electron chi connectivity index (χ0n) is 8.64. The van der Waals surface area contributed by atoms with E-state index in [0.29, 0.717) is 0 Å². The van der Waals surface area contributed by atoms with Crippen molar-refractivity contribution < 1.29 is 15.0 Å². The Morgan fingerprint density at radius 3 is 2.57 bits per heavy atom.